The van der Waals surface area contributed by atoms with Gasteiger partial charge >= 0.3 is 6.21 Å². The fourth-order valence-electron chi connectivity index (χ4n) is 1.36. The molecule has 2 rings (SSSR count). The molecule has 0 aliphatic heterocycles. The molecule has 0 radical (unpaired) electrons. The van der Waals surface area contributed by atoms with Crippen LogP contribution in [0.25, 0.3) is 16.4 Å². The lowest BCUT2D eigenvalue weighted by molar-refractivity contribution is 0.00231. The molecule has 0 spiro atoms. The van der Waals surface area contributed by atoms with E-state index in [0.717, 1.165) is 21.6 Å². The molecule has 1 heterocycles. The fraction of sp³-hybridized carbons (Fsp3) is 0. The molecule has 0 bridgehead atoms. The number of benzene rings is 1. The third-order valence-electron chi connectivity index (χ3n) is 2.02. The van der Waals surface area contributed by atoms with E-state index in [4.69, 9.17) is 5.53 Å². The Kier molecular flexibility index (Phi) is 2.49. The standard InChI is InChI=1S/C10H6BrN3O/c11-7-1-2-8-6(3-7)4-9(14-8)10(15)5-13-12/h1-5,14H. The second kappa shape index (κ2) is 3.81. The molecular weight excluding hydrogens is 258 g/mol. The Morgan fingerprint density at radius 3 is 3.00 bits per heavy atom. The first-order valence-electron chi connectivity index (χ1n) is 4.21. The molecule has 1 aromatic heterocycles. The minimum absolute atomic E-state index is 0.357. The molecule has 2 aromatic rings. The molecular formula is C10H6BrN3O. The van der Waals surface area contributed by atoms with Crippen molar-refractivity contribution in [2.75, 3.05) is 0 Å². The van der Waals surface area contributed by atoms with Crippen molar-refractivity contribution in [2.45, 2.75) is 0 Å². The highest BCUT2D eigenvalue weighted by molar-refractivity contribution is 9.10. The number of carbonyl (C=O) groups excluding carboxylic acids is 1. The molecule has 0 fully saturated rings. The first-order chi connectivity index (χ1) is 7.20. The number of fused-ring (bicyclic) bond motifs is 1. The Balaban J connectivity index is 2.56. The molecule has 0 aliphatic carbocycles. The minimum atomic E-state index is -0.357. The summed E-state index contributed by atoms with van der Waals surface area (Å²) in [5, 5.41) is 0.930. The summed E-state index contributed by atoms with van der Waals surface area (Å²) >= 11 is 3.34. The Hall–Kier alpha value is -1.71. The molecule has 1 N–H and O–H groups in total. The van der Waals surface area contributed by atoms with E-state index >= 15 is 0 Å². The van der Waals surface area contributed by atoms with E-state index in [1.54, 1.807) is 6.07 Å². The van der Waals surface area contributed by atoms with Crippen LogP contribution < -0.4 is 0 Å². The molecule has 0 unspecified atom stereocenters. The molecule has 15 heavy (non-hydrogen) atoms. The maximum Gasteiger partial charge on any atom is 0.329 e. The van der Waals surface area contributed by atoms with Gasteiger partial charge in [0.2, 0.25) is 0 Å². The van der Waals surface area contributed by atoms with Crippen molar-refractivity contribution in [1.29, 1.82) is 0 Å². The quantitative estimate of drug-likeness (QED) is 0.385. The van der Waals surface area contributed by atoms with Gasteiger partial charge in [0.15, 0.2) is 0 Å². The maximum absolute atomic E-state index is 11.3. The number of nitrogens with zero attached hydrogens (tertiary/aromatic N) is 2. The summed E-state index contributed by atoms with van der Waals surface area (Å²) in [6.45, 7) is 0. The van der Waals surface area contributed by atoms with Gasteiger partial charge in [0.1, 0.15) is 0 Å². The lowest BCUT2D eigenvalue weighted by Gasteiger charge is -1.89. The van der Waals surface area contributed by atoms with Gasteiger partial charge in [0, 0.05) is 15.4 Å². The number of aromatic nitrogens is 1. The van der Waals surface area contributed by atoms with E-state index < -0.39 is 0 Å². The van der Waals surface area contributed by atoms with Gasteiger partial charge in [0.25, 0.3) is 5.78 Å². The van der Waals surface area contributed by atoms with Gasteiger partial charge in [-0.1, -0.05) is 15.9 Å². The molecule has 0 atom stereocenters. The summed E-state index contributed by atoms with van der Waals surface area (Å²) in [6.07, 6.45) is 0.861. The normalized spacial score (nSPS) is 9.93. The van der Waals surface area contributed by atoms with Crippen LogP contribution in [-0.2, 0) is 0 Å². The Labute approximate surface area is 93.7 Å². The van der Waals surface area contributed by atoms with Crippen LogP contribution in [0.5, 0.6) is 0 Å². The lowest BCUT2D eigenvalue weighted by Crippen LogP contribution is -2.00. The van der Waals surface area contributed by atoms with Crippen molar-refractivity contribution < 1.29 is 9.58 Å². The van der Waals surface area contributed by atoms with Gasteiger partial charge in [-0.3, -0.25) is 4.79 Å². The average molecular weight is 264 g/mol. The first-order valence-corrected chi connectivity index (χ1v) is 5.00. The van der Waals surface area contributed by atoms with Crippen LogP contribution >= 0.6 is 15.9 Å². The van der Waals surface area contributed by atoms with Crippen molar-refractivity contribution in [1.82, 2.24) is 4.98 Å². The number of hydrogen-bond donors (Lipinski definition) is 1. The summed E-state index contributed by atoms with van der Waals surface area (Å²) in [7, 11) is 0. The van der Waals surface area contributed by atoms with Crippen molar-refractivity contribution in [3.05, 3.63) is 40.0 Å². The predicted octanol–water partition coefficient (Wildman–Crippen LogP) is 2.41. The highest BCUT2D eigenvalue weighted by Crippen LogP contribution is 2.20. The highest BCUT2D eigenvalue weighted by atomic mass is 79.9. The number of H-pyrrole nitrogens is 1. The summed E-state index contributed by atoms with van der Waals surface area (Å²) in [6, 6.07) is 7.36. The molecule has 74 valence electrons. The smallest absolute Gasteiger partial charge is 0.329 e. The van der Waals surface area contributed by atoms with Crippen molar-refractivity contribution in [3.63, 3.8) is 0 Å². The topological polar surface area (TPSA) is 69.3 Å². The predicted molar refractivity (Wildman–Crippen MR) is 60.0 cm³/mol. The lowest BCUT2D eigenvalue weighted by atomic mass is 10.2. The van der Waals surface area contributed by atoms with E-state index in [9.17, 15) is 4.79 Å². The number of carbonyl (C=O) groups is 1. The Morgan fingerprint density at radius 2 is 2.27 bits per heavy atom. The van der Waals surface area contributed by atoms with Gasteiger partial charge in [-0.15, -0.1) is 0 Å². The first kappa shape index (κ1) is 9.83. The third-order valence-corrected chi connectivity index (χ3v) is 2.52. The molecule has 4 nitrogen and oxygen atoms in total. The van der Waals surface area contributed by atoms with Gasteiger partial charge in [-0.2, -0.15) is 4.79 Å². The molecule has 0 aliphatic rings. The van der Waals surface area contributed by atoms with Crippen LogP contribution in [0, 0.1) is 0 Å². The van der Waals surface area contributed by atoms with Gasteiger partial charge in [-0.25, -0.2) is 0 Å². The van der Waals surface area contributed by atoms with Crippen molar-refractivity contribution in [3.8, 4) is 0 Å². The zero-order valence-corrected chi connectivity index (χ0v) is 9.15. The monoisotopic (exact) mass is 263 g/mol. The number of ketones is 1. The van der Waals surface area contributed by atoms with Gasteiger partial charge < -0.3 is 10.5 Å². The van der Waals surface area contributed by atoms with E-state index in [2.05, 4.69) is 25.7 Å². The Bertz CT molecular complexity index is 581. The highest BCUT2D eigenvalue weighted by Gasteiger charge is 2.10. The van der Waals surface area contributed by atoms with E-state index in [-0.39, 0.29) is 5.78 Å². The SMILES string of the molecule is [N-]=[N+]=CC(=O)c1cc2cc(Br)ccc2[nH]1. The minimum Gasteiger partial charge on any atom is -0.361 e. The second-order valence-corrected chi connectivity index (χ2v) is 3.94. The van der Waals surface area contributed by atoms with Crippen LogP contribution in [-0.4, -0.2) is 21.8 Å². The molecule has 5 heteroatoms. The number of Topliss-reactive ketones (excluding diaryl/α,β-unsaturated/α-hetero) is 1. The maximum atomic E-state index is 11.3. The largest absolute Gasteiger partial charge is 0.361 e. The summed E-state index contributed by atoms with van der Waals surface area (Å²) in [5.41, 5.74) is 9.52. The van der Waals surface area contributed by atoms with Gasteiger partial charge in [0.05, 0.1) is 5.69 Å². The zero-order valence-electron chi connectivity index (χ0n) is 7.57. The van der Waals surface area contributed by atoms with Crippen LogP contribution in [0.2, 0.25) is 0 Å². The van der Waals surface area contributed by atoms with E-state index in [0.29, 0.717) is 5.69 Å². The van der Waals surface area contributed by atoms with E-state index in [1.807, 2.05) is 18.2 Å². The molecule has 0 saturated carbocycles. The van der Waals surface area contributed by atoms with Crippen LogP contribution in [0.1, 0.15) is 10.5 Å². The fourth-order valence-corrected chi connectivity index (χ4v) is 1.74. The van der Waals surface area contributed by atoms with E-state index in [1.165, 1.54) is 0 Å². The molecule has 0 saturated heterocycles. The number of aromatic amines is 1. The average Bonchev–Trinajstić information content (AvgIpc) is 2.60. The summed E-state index contributed by atoms with van der Waals surface area (Å²) in [4.78, 5) is 17.0. The molecule has 1 aromatic carbocycles. The number of halogens is 1. The molecule has 0 amide bonds. The zero-order chi connectivity index (χ0) is 10.8. The number of rotatable bonds is 2. The summed E-state index contributed by atoms with van der Waals surface area (Å²) < 4.78 is 0.948. The van der Waals surface area contributed by atoms with Crippen molar-refractivity contribution in [2.24, 2.45) is 0 Å². The number of nitrogens with one attached hydrogen (secondary N) is 1. The second-order valence-electron chi connectivity index (χ2n) is 3.02. The van der Waals surface area contributed by atoms with Crippen LogP contribution in [0.15, 0.2) is 28.7 Å². The third kappa shape index (κ3) is 1.88. The van der Waals surface area contributed by atoms with Gasteiger partial charge in [-0.05, 0) is 24.3 Å². The summed E-state index contributed by atoms with van der Waals surface area (Å²) in [5.74, 6) is -0.357. The van der Waals surface area contributed by atoms with Crippen LogP contribution in [0.4, 0.5) is 0 Å². The van der Waals surface area contributed by atoms with Crippen molar-refractivity contribution >= 4 is 38.8 Å². The van der Waals surface area contributed by atoms with Crippen LogP contribution in [0.3, 0.4) is 0 Å². The number of hydrogen-bond acceptors (Lipinski definition) is 1. The Morgan fingerprint density at radius 1 is 1.47 bits per heavy atom.